The SMILES string of the molecule is N#C[C@H]1CCCN(c2ncnc3c2Cc2ccccc2OC3)C1. The highest BCUT2D eigenvalue weighted by atomic mass is 16.5. The molecule has 23 heavy (non-hydrogen) atoms. The number of nitrogens with zero attached hydrogens (tertiary/aromatic N) is 4. The summed E-state index contributed by atoms with van der Waals surface area (Å²) in [6, 6.07) is 10.5. The van der Waals surface area contributed by atoms with Crippen molar-refractivity contribution >= 4 is 5.82 Å². The lowest BCUT2D eigenvalue weighted by Crippen LogP contribution is -2.36. The number of ether oxygens (including phenoxy) is 1. The molecule has 1 saturated heterocycles. The van der Waals surface area contributed by atoms with Gasteiger partial charge in [-0.15, -0.1) is 0 Å². The van der Waals surface area contributed by atoms with E-state index >= 15 is 0 Å². The van der Waals surface area contributed by atoms with Crippen molar-refractivity contribution in [2.24, 2.45) is 5.92 Å². The minimum absolute atomic E-state index is 0.0867. The van der Waals surface area contributed by atoms with Crippen molar-refractivity contribution in [2.75, 3.05) is 18.0 Å². The van der Waals surface area contributed by atoms with Gasteiger partial charge < -0.3 is 9.64 Å². The maximum Gasteiger partial charge on any atom is 0.135 e. The van der Waals surface area contributed by atoms with E-state index in [1.165, 1.54) is 0 Å². The van der Waals surface area contributed by atoms with Crippen LogP contribution in [0.25, 0.3) is 0 Å². The van der Waals surface area contributed by atoms with Crippen LogP contribution < -0.4 is 9.64 Å². The second-order valence-electron chi connectivity index (χ2n) is 6.11. The molecule has 116 valence electrons. The summed E-state index contributed by atoms with van der Waals surface area (Å²) >= 11 is 0. The Morgan fingerprint density at radius 3 is 3.09 bits per heavy atom. The standard InChI is InChI=1S/C18H18N4O/c19-9-13-4-3-7-22(10-13)18-15-8-14-5-1-2-6-17(14)23-11-16(15)20-12-21-18/h1-2,5-6,12-13H,3-4,7-8,10-11H2/t13-/m1/s1. The van der Waals surface area contributed by atoms with Gasteiger partial charge in [-0.3, -0.25) is 0 Å². The highest BCUT2D eigenvalue weighted by Crippen LogP contribution is 2.32. The van der Waals surface area contributed by atoms with Crippen LogP contribution in [-0.2, 0) is 13.0 Å². The van der Waals surface area contributed by atoms with Crippen LogP contribution in [-0.4, -0.2) is 23.1 Å². The zero-order valence-corrected chi connectivity index (χ0v) is 12.9. The first-order chi connectivity index (χ1) is 11.3. The predicted octanol–water partition coefficient (Wildman–Crippen LogP) is 2.70. The number of aromatic nitrogens is 2. The molecule has 1 aromatic carbocycles. The summed E-state index contributed by atoms with van der Waals surface area (Å²) in [5.74, 6) is 1.98. The molecule has 0 unspecified atom stereocenters. The van der Waals surface area contributed by atoms with Gasteiger partial charge in [-0.25, -0.2) is 9.97 Å². The highest BCUT2D eigenvalue weighted by Gasteiger charge is 2.26. The maximum atomic E-state index is 9.24. The third-order valence-corrected chi connectivity index (χ3v) is 4.62. The number of hydrogen-bond acceptors (Lipinski definition) is 5. The third-order valence-electron chi connectivity index (χ3n) is 4.62. The molecule has 3 heterocycles. The largest absolute Gasteiger partial charge is 0.487 e. The van der Waals surface area contributed by atoms with Gasteiger partial charge in [0, 0.05) is 25.1 Å². The number of nitriles is 1. The fourth-order valence-corrected chi connectivity index (χ4v) is 3.42. The van der Waals surface area contributed by atoms with E-state index in [9.17, 15) is 5.26 Å². The van der Waals surface area contributed by atoms with Crippen LogP contribution in [0.4, 0.5) is 5.82 Å². The van der Waals surface area contributed by atoms with Gasteiger partial charge in [0.05, 0.1) is 17.7 Å². The zero-order chi connectivity index (χ0) is 15.6. The monoisotopic (exact) mass is 306 g/mol. The maximum absolute atomic E-state index is 9.24. The lowest BCUT2D eigenvalue weighted by atomic mass is 9.98. The van der Waals surface area contributed by atoms with Crippen LogP contribution in [0.3, 0.4) is 0 Å². The second-order valence-corrected chi connectivity index (χ2v) is 6.11. The number of fused-ring (bicyclic) bond motifs is 2. The molecule has 2 aliphatic rings. The van der Waals surface area contributed by atoms with E-state index in [0.29, 0.717) is 6.61 Å². The summed E-state index contributed by atoms with van der Waals surface area (Å²) < 4.78 is 5.90. The summed E-state index contributed by atoms with van der Waals surface area (Å²) in [5, 5.41) is 9.24. The van der Waals surface area contributed by atoms with Gasteiger partial charge in [-0.1, -0.05) is 18.2 Å². The Morgan fingerprint density at radius 2 is 2.17 bits per heavy atom. The number of rotatable bonds is 1. The van der Waals surface area contributed by atoms with Crippen molar-refractivity contribution in [1.82, 2.24) is 9.97 Å². The summed E-state index contributed by atoms with van der Waals surface area (Å²) in [5.41, 5.74) is 3.25. The Morgan fingerprint density at radius 1 is 1.26 bits per heavy atom. The van der Waals surface area contributed by atoms with Gasteiger partial charge >= 0.3 is 0 Å². The van der Waals surface area contributed by atoms with E-state index in [2.05, 4.69) is 27.0 Å². The molecule has 2 aromatic rings. The number of hydrogen-bond donors (Lipinski definition) is 0. The van der Waals surface area contributed by atoms with Crippen molar-refractivity contribution in [3.05, 3.63) is 47.4 Å². The molecule has 0 aliphatic carbocycles. The topological polar surface area (TPSA) is 62.0 Å². The van der Waals surface area contributed by atoms with Crippen molar-refractivity contribution in [3.8, 4) is 11.8 Å². The molecule has 5 nitrogen and oxygen atoms in total. The third kappa shape index (κ3) is 2.61. The van der Waals surface area contributed by atoms with Crippen LogP contribution in [0.5, 0.6) is 5.75 Å². The van der Waals surface area contributed by atoms with E-state index in [-0.39, 0.29) is 5.92 Å². The lowest BCUT2D eigenvalue weighted by molar-refractivity contribution is 0.302. The van der Waals surface area contributed by atoms with Crippen molar-refractivity contribution in [1.29, 1.82) is 5.26 Å². The van der Waals surface area contributed by atoms with E-state index in [1.54, 1.807) is 6.33 Å². The number of para-hydroxylation sites is 1. The Balaban J connectivity index is 1.73. The predicted molar refractivity (Wildman–Crippen MR) is 86.2 cm³/mol. The van der Waals surface area contributed by atoms with Gasteiger partial charge in [0.15, 0.2) is 0 Å². The molecule has 0 spiro atoms. The summed E-state index contributed by atoms with van der Waals surface area (Å²) in [7, 11) is 0. The van der Waals surface area contributed by atoms with E-state index in [1.807, 2.05) is 18.2 Å². The van der Waals surface area contributed by atoms with Crippen LogP contribution in [0, 0.1) is 17.2 Å². The first-order valence-corrected chi connectivity index (χ1v) is 8.03. The van der Waals surface area contributed by atoms with Crippen LogP contribution >= 0.6 is 0 Å². The van der Waals surface area contributed by atoms with Crippen molar-refractivity contribution in [3.63, 3.8) is 0 Å². The molecular formula is C18H18N4O. The smallest absolute Gasteiger partial charge is 0.135 e. The van der Waals surface area contributed by atoms with E-state index in [0.717, 1.165) is 60.7 Å². The van der Waals surface area contributed by atoms with Crippen LogP contribution in [0.15, 0.2) is 30.6 Å². The molecule has 1 aromatic heterocycles. The zero-order valence-electron chi connectivity index (χ0n) is 12.9. The van der Waals surface area contributed by atoms with Crippen molar-refractivity contribution < 1.29 is 4.74 Å². The minimum atomic E-state index is 0.0867. The molecule has 0 amide bonds. The van der Waals surface area contributed by atoms with E-state index in [4.69, 9.17) is 4.74 Å². The Bertz CT molecular complexity index is 768. The minimum Gasteiger partial charge on any atom is -0.487 e. The van der Waals surface area contributed by atoms with Crippen molar-refractivity contribution in [2.45, 2.75) is 25.9 Å². The molecule has 0 radical (unpaired) electrons. The second kappa shape index (κ2) is 5.88. The van der Waals surface area contributed by atoms with Crippen LogP contribution in [0.2, 0.25) is 0 Å². The summed E-state index contributed by atoms with van der Waals surface area (Å²) in [6.07, 6.45) is 4.40. The average Bonchev–Trinajstić information content (AvgIpc) is 2.81. The number of anilines is 1. The molecule has 0 bridgehead atoms. The van der Waals surface area contributed by atoms with Gasteiger partial charge in [0.25, 0.3) is 0 Å². The quantitative estimate of drug-likeness (QED) is 0.810. The summed E-state index contributed by atoms with van der Waals surface area (Å²) in [6.45, 7) is 2.17. The highest BCUT2D eigenvalue weighted by molar-refractivity contribution is 5.53. The van der Waals surface area contributed by atoms with Crippen LogP contribution in [0.1, 0.15) is 29.7 Å². The van der Waals surface area contributed by atoms with Gasteiger partial charge in [0.2, 0.25) is 0 Å². The first-order valence-electron chi connectivity index (χ1n) is 8.03. The molecule has 4 rings (SSSR count). The molecule has 1 atom stereocenters. The first kappa shape index (κ1) is 14.0. The molecule has 2 aliphatic heterocycles. The van der Waals surface area contributed by atoms with Gasteiger partial charge in [-0.05, 0) is 24.5 Å². The number of benzene rings is 1. The fourth-order valence-electron chi connectivity index (χ4n) is 3.42. The molecule has 5 heteroatoms. The normalized spacial score (nSPS) is 19.8. The lowest BCUT2D eigenvalue weighted by Gasteiger charge is -2.32. The Kier molecular flexibility index (Phi) is 3.58. The molecule has 0 saturated carbocycles. The Hall–Kier alpha value is -2.61. The van der Waals surface area contributed by atoms with Gasteiger partial charge in [0.1, 0.15) is 24.5 Å². The fraction of sp³-hybridized carbons (Fsp3) is 0.389. The van der Waals surface area contributed by atoms with Gasteiger partial charge in [-0.2, -0.15) is 5.26 Å². The molecular weight excluding hydrogens is 288 g/mol. The molecule has 0 N–H and O–H groups in total. The average molecular weight is 306 g/mol. The Labute approximate surface area is 135 Å². The van der Waals surface area contributed by atoms with E-state index < -0.39 is 0 Å². The molecule has 1 fully saturated rings. The summed E-state index contributed by atoms with van der Waals surface area (Å²) in [4.78, 5) is 11.2. The number of piperidine rings is 1.